The predicted octanol–water partition coefficient (Wildman–Crippen LogP) is 3.27. The number of methoxy groups -OCH3 is 1. The Bertz CT molecular complexity index is 883. The number of carbonyl (C=O) groups excluding carboxylic acids is 1. The van der Waals surface area contributed by atoms with E-state index in [9.17, 15) is 14.9 Å². The van der Waals surface area contributed by atoms with E-state index in [1.165, 1.54) is 12.1 Å². The van der Waals surface area contributed by atoms with Crippen molar-refractivity contribution in [1.82, 2.24) is 9.78 Å². The molecule has 0 spiro atoms. The van der Waals surface area contributed by atoms with Crippen molar-refractivity contribution >= 4 is 12.0 Å². The normalized spacial score (nSPS) is 10.4. The zero-order valence-corrected chi connectivity index (χ0v) is 12.7. The summed E-state index contributed by atoms with van der Waals surface area (Å²) in [6.45, 7) is 0. The minimum Gasteiger partial charge on any atom is -0.497 e. The summed E-state index contributed by atoms with van der Waals surface area (Å²) >= 11 is 0. The Hall–Kier alpha value is -3.48. The molecule has 7 heteroatoms. The molecule has 3 rings (SSSR count). The SMILES string of the molecule is COc1ccc(-n2cc(C=O)c(-c3ccc([N+](=O)[O-])cc3)n2)cc1. The van der Waals surface area contributed by atoms with Crippen molar-refractivity contribution in [3.63, 3.8) is 0 Å². The second-order valence-electron chi connectivity index (χ2n) is 5.00. The monoisotopic (exact) mass is 323 g/mol. The Morgan fingerprint density at radius 1 is 1.12 bits per heavy atom. The van der Waals surface area contributed by atoms with Gasteiger partial charge in [-0.05, 0) is 36.4 Å². The van der Waals surface area contributed by atoms with Crippen molar-refractivity contribution in [2.45, 2.75) is 0 Å². The lowest BCUT2D eigenvalue weighted by atomic mass is 10.1. The van der Waals surface area contributed by atoms with Crippen LogP contribution >= 0.6 is 0 Å². The number of rotatable bonds is 5. The van der Waals surface area contributed by atoms with Gasteiger partial charge in [-0.15, -0.1) is 0 Å². The molecule has 0 bridgehead atoms. The van der Waals surface area contributed by atoms with Crippen molar-refractivity contribution < 1.29 is 14.5 Å². The fourth-order valence-electron chi connectivity index (χ4n) is 2.31. The highest BCUT2D eigenvalue weighted by molar-refractivity contribution is 5.85. The number of hydrogen-bond acceptors (Lipinski definition) is 5. The van der Waals surface area contributed by atoms with E-state index in [-0.39, 0.29) is 5.69 Å². The molecule has 7 nitrogen and oxygen atoms in total. The maximum atomic E-state index is 11.3. The van der Waals surface area contributed by atoms with Crippen LogP contribution < -0.4 is 4.74 Å². The van der Waals surface area contributed by atoms with E-state index in [1.54, 1.807) is 42.3 Å². The first kappa shape index (κ1) is 15.4. The Morgan fingerprint density at radius 2 is 1.79 bits per heavy atom. The molecule has 3 aromatic rings. The zero-order valence-electron chi connectivity index (χ0n) is 12.7. The van der Waals surface area contributed by atoms with E-state index >= 15 is 0 Å². The molecule has 0 amide bonds. The second-order valence-corrected chi connectivity index (χ2v) is 5.00. The van der Waals surface area contributed by atoms with Gasteiger partial charge in [0.1, 0.15) is 11.4 Å². The highest BCUT2D eigenvalue weighted by Crippen LogP contribution is 2.25. The molecule has 0 saturated heterocycles. The highest BCUT2D eigenvalue weighted by atomic mass is 16.6. The molecule has 0 aliphatic heterocycles. The van der Waals surface area contributed by atoms with Gasteiger partial charge in [-0.3, -0.25) is 14.9 Å². The molecule has 0 aliphatic carbocycles. The Balaban J connectivity index is 2.00. The number of nitro groups is 1. The van der Waals surface area contributed by atoms with E-state index in [4.69, 9.17) is 4.74 Å². The lowest BCUT2D eigenvalue weighted by molar-refractivity contribution is -0.384. The van der Waals surface area contributed by atoms with Gasteiger partial charge in [0.25, 0.3) is 5.69 Å². The zero-order chi connectivity index (χ0) is 17.1. The quantitative estimate of drug-likeness (QED) is 0.408. The van der Waals surface area contributed by atoms with Crippen LogP contribution in [0.2, 0.25) is 0 Å². The molecule has 0 saturated carbocycles. The van der Waals surface area contributed by atoms with Gasteiger partial charge in [0.2, 0.25) is 0 Å². The molecule has 0 N–H and O–H groups in total. The van der Waals surface area contributed by atoms with Crippen LogP contribution in [-0.4, -0.2) is 28.1 Å². The van der Waals surface area contributed by atoms with Crippen LogP contribution in [0.5, 0.6) is 5.75 Å². The van der Waals surface area contributed by atoms with Crippen LogP contribution in [0.25, 0.3) is 16.9 Å². The number of hydrogen-bond donors (Lipinski definition) is 0. The van der Waals surface area contributed by atoms with Crippen molar-refractivity contribution in [2.75, 3.05) is 7.11 Å². The molecule has 2 aromatic carbocycles. The van der Waals surface area contributed by atoms with Crippen LogP contribution in [0.15, 0.2) is 54.7 Å². The number of aldehydes is 1. The number of aromatic nitrogens is 2. The molecule has 1 heterocycles. The lowest BCUT2D eigenvalue weighted by Crippen LogP contribution is -1.95. The minimum atomic E-state index is -0.472. The summed E-state index contributed by atoms with van der Waals surface area (Å²) in [6.07, 6.45) is 2.33. The van der Waals surface area contributed by atoms with Crippen molar-refractivity contribution in [2.24, 2.45) is 0 Å². The first-order valence-electron chi connectivity index (χ1n) is 7.06. The van der Waals surface area contributed by atoms with Crippen molar-refractivity contribution in [1.29, 1.82) is 0 Å². The molecule has 120 valence electrons. The van der Waals surface area contributed by atoms with Gasteiger partial charge in [0.05, 0.1) is 23.3 Å². The number of non-ortho nitro benzene ring substituents is 1. The van der Waals surface area contributed by atoms with Gasteiger partial charge in [-0.1, -0.05) is 0 Å². The molecule has 24 heavy (non-hydrogen) atoms. The maximum Gasteiger partial charge on any atom is 0.269 e. The Labute approximate surface area is 137 Å². The topological polar surface area (TPSA) is 87.3 Å². The number of nitro benzene ring substituents is 1. The number of nitrogens with zero attached hydrogens (tertiary/aromatic N) is 3. The summed E-state index contributed by atoms with van der Waals surface area (Å²) < 4.78 is 6.70. The predicted molar refractivity (Wildman–Crippen MR) is 87.6 cm³/mol. The molecular formula is C17H13N3O4. The first-order chi connectivity index (χ1) is 11.6. The molecule has 0 radical (unpaired) electrons. The van der Waals surface area contributed by atoms with Crippen LogP contribution in [0.1, 0.15) is 10.4 Å². The number of carbonyl (C=O) groups is 1. The van der Waals surface area contributed by atoms with Gasteiger partial charge < -0.3 is 4.74 Å². The third-order valence-electron chi connectivity index (χ3n) is 3.56. The summed E-state index contributed by atoms with van der Waals surface area (Å²) in [6, 6.07) is 13.1. The first-order valence-corrected chi connectivity index (χ1v) is 7.06. The van der Waals surface area contributed by atoms with Gasteiger partial charge in [0.15, 0.2) is 6.29 Å². The molecule has 0 aliphatic rings. The van der Waals surface area contributed by atoms with Crippen LogP contribution in [0.4, 0.5) is 5.69 Å². The molecule has 0 unspecified atom stereocenters. The minimum absolute atomic E-state index is 0.0130. The lowest BCUT2D eigenvalue weighted by Gasteiger charge is -2.03. The third kappa shape index (κ3) is 2.87. The summed E-state index contributed by atoms with van der Waals surface area (Å²) in [5.41, 5.74) is 2.26. The third-order valence-corrected chi connectivity index (χ3v) is 3.56. The van der Waals surface area contributed by atoms with Gasteiger partial charge >= 0.3 is 0 Å². The van der Waals surface area contributed by atoms with E-state index in [2.05, 4.69) is 5.10 Å². The van der Waals surface area contributed by atoms with E-state index in [0.717, 1.165) is 11.4 Å². The Kier molecular flexibility index (Phi) is 4.07. The average Bonchev–Trinajstić information content (AvgIpc) is 3.06. The van der Waals surface area contributed by atoms with Crippen molar-refractivity contribution in [3.05, 3.63) is 70.4 Å². The van der Waals surface area contributed by atoms with Crippen LogP contribution in [0.3, 0.4) is 0 Å². The van der Waals surface area contributed by atoms with Gasteiger partial charge in [0, 0.05) is 23.9 Å². The largest absolute Gasteiger partial charge is 0.497 e. The molecule has 0 atom stereocenters. The number of ether oxygens (including phenoxy) is 1. The summed E-state index contributed by atoms with van der Waals surface area (Å²) in [5, 5.41) is 15.2. The number of benzene rings is 2. The van der Waals surface area contributed by atoms with Gasteiger partial charge in [-0.25, -0.2) is 4.68 Å². The van der Waals surface area contributed by atoms with E-state index in [0.29, 0.717) is 23.1 Å². The summed E-state index contributed by atoms with van der Waals surface area (Å²) in [4.78, 5) is 21.6. The highest BCUT2D eigenvalue weighted by Gasteiger charge is 2.13. The summed E-state index contributed by atoms with van der Waals surface area (Å²) in [5.74, 6) is 0.720. The molecule has 1 aromatic heterocycles. The van der Waals surface area contributed by atoms with E-state index < -0.39 is 4.92 Å². The second kappa shape index (κ2) is 6.33. The van der Waals surface area contributed by atoms with E-state index in [1.807, 2.05) is 12.1 Å². The summed E-state index contributed by atoms with van der Waals surface area (Å²) in [7, 11) is 1.58. The Morgan fingerprint density at radius 3 is 2.33 bits per heavy atom. The van der Waals surface area contributed by atoms with Crippen LogP contribution in [0, 0.1) is 10.1 Å². The standard InChI is InChI=1S/C17H13N3O4/c1-24-16-8-6-14(7-9-16)19-10-13(11-21)17(18-19)12-2-4-15(5-3-12)20(22)23/h2-11H,1H3. The smallest absolute Gasteiger partial charge is 0.269 e. The van der Waals surface area contributed by atoms with Crippen LogP contribution in [-0.2, 0) is 0 Å². The fraction of sp³-hybridized carbons (Fsp3) is 0.0588. The van der Waals surface area contributed by atoms with Gasteiger partial charge in [-0.2, -0.15) is 5.10 Å². The maximum absolute atomic E-state index is 11.3. The van der Waals surface area contributed by atoms with Crippen molar-refractivity contribution in [3.8, 4) is 22.7 Å². The average molecular weight is 323 g/mol. The fourth-order valence-corrected chi connectivity index (χ4v) is 2.31. The molecule has 0 fully saturated rings. The molecular weight excluding hydrogens is 310 g/mol.